The number of carbonyl (C=O) groups excluding carboxylic acids is 2. The molecule has 2 N–H and O–H groups in total. The quantitative estimate of drug-likeness (QED) is 0.533. The molecular formula is C24H22FN3O2S. The van der Waals surface area contributed by atoms with E-state index in [4.69, 9.17) is 0 Å². The van der Waals surface area contributed by atoms with Crippen LogP contribution >= 0.6 is 11.8 Å². The molecule has 158 valence electrons. The Kier molecular flexibility index (Phi) is 6.23. The Hall–Kier alpha value is -3.32. The summed E-state index contributed by atoms with van der Waals surface area (Å²) < 4.78 is 12.9. The normalized spacial score (nSPS) is 12.6. The van der Waals surface area contributed by atoms with Crippen LogP contribution in [0.2, 0.25) is 0 Å². The number of fused-ring (bicyclic) bond motifs is 2. The van der Waals surface area contributed by atoms with E-state index in [-0.39, 0.29) is 17.8 Å². The van der Waals surface area contributed by atoms with Gasteiger partial charge in [0, 0.05) is 29.1 Å². The van der Waals surface area contributed by atoms with E-state index in [2.05, 4.69) is 10.6 Å². The number of amides is 3. The Morgan fingerprint density at radius 3 is 2.61 bits per heavy atom. The van der Waals surface area contributed by atoms with Gasteiger partial charge in [-0.2, -0.15) is 0 Å². The van der Waals surface area contributed by atoms with Gasteiger partial charge < -0.3 is 15.5 Å². The highest BCUT2D eigenvalue weighted by Gasteiger charge is 2.24. The number of hydrogen-bond donors (Lipinski definition) is 2. The molecule has 1 aliphatic heterocycles. The van der Waals surface area contributed by atoms with Gasteiger partial charge in [0.1, 0.15) is 5.82 Å². The minimum atomic E-state index is -0.308. The number of nitrogens with zero attached hydrogens (tertiary/aromatic N) is 1. The van der Waals surface area contributed by atoms with Crippen LogP contribution in [0, 0.1) is 5.82 Å². The summed E-state index contributed by atoms with van der Waals surface area (Å²) in [4.78, 5) is 28.6. The first-order chi connectivity index (χ1) is 15.0. The molecule has 0 unspecified atom stereocenters. The van der Waals surface area contributed by atoms with Crippen LogP contribution in [0.3, 0.4) is 0 Å². The summed E-state index contributed by atoms with van der Waals surface area (Å²) in [7, 11) is 1.74. The van der Waals surface area contributed by atoms with Crippen LogP contribution in [0.25, 0.3) is 0 Å². The Morgan fingerprint density at radius 1 is 1.03 bits per heavy atom. The van der Waals surface area contributed by atoms with Crippen LogP contribution in [0.5, 0.6) is 0 Å². The molecule has 3 aromatic carbocycles. The van der Waals surface area contributed by atoms with Crippen LogP contribution in [0.15, 0.2) is 76.5 Å². The van der Waals surface area contributed by atoms with Gasteiger partial charge in [-0.1, -0.05) is 36.0 Å². The second-order valence-electron chi connectivity index (χ2n) is 7.26. The van der Waals surface area contributed by atoms with Crippen molar-refractivity contribution >= 4 is 35.1 Å². The molecule has 0 aliphatic carbocycles. The van der Waals surface area contributed by atoms with Crippen molar-refractivity contribution in [3.8, 4) is 0 Å². The molecule has 0 saturated carbocycles. The van der Waals surface area contributed by atoms with Crippen molar-refractivity contribution in [1.82, 2.24) is 5.32 Å². The summed E-state index contributed by atoms with van der Waals surface area (Å²) in [6.07, 6.45) is 1.50. The van der Waals surface area contributed by atoms with Gasteiger partial charge >= 0.3 is 6.03 Å². The number of nitrogens with one attached hydrogen (secondary N) is 2. The molecule has 0 atom stereocenters. The number of aryl methyl sites for hydroxylation is 1. The molecule has 0 saturated heterocycles. The summed E-state index contributed by atoms with van der Waals surface area (Å²) in [6, 6.07) is 19.2. The zero-order valence-electron chi connectivity index (χ0n) is 17.0. The van der Waals surface area contributed by atoms with Crippen LogP contribution in [0.4, 0.5) is 20.6 Å². The predicted octanol–water partition coefficient (Wildman–Crippen LogP) is 5.32. The van der Waals surface area contributed by atoms with E-state index in [0.717, 1.165) is 33.9 Å². The van der Waals surface area contributed by atoms with E-state index in [1.54, 1.807) is 24.1 Å². The number of anilines is 2. The van der Waals surface area contributed by atoms with Gasteiger partial charge in [0.05, 0.1) is 11.3 Å². The van der Waals surface area contributed by atoms with Crippen molar-refractivity contribution in [1.29, 1.82) is 0 Å². The molecule has 3 aromatic rings. The summed E-state index contributed by atoms with van der Waals surface area (Å²) in [5.74, 6) is -0.333. The second-order valence-corrected chi connectivity index (χ2v) is 8.34. The SMILES string of the molecule is CN1C(=O)c2ccccc2Sc2ccc(NC(=O)NCCCc3ccc(F)cc3)cc21. The zero-order chi connectivity index (χ0) is 21.8. The Balaban J connectivity index is 1.36. The second kappa shape index (κ2) is 9.22. The minimum Gasteiger partial charge on any atom is -0.338 e. The topological polar surface area (TPSA) is 61.4 Å². The van der Waals surface area contributed by atoms with Gasteiger partial charge in [0.2, 0.25) is 0 Å². The third-order valence-electron chi connectivity index (χ3n) is 5.06. The van der Waals surface area contributed by atoms with E-state index in [1.807, 2.05) is 42.5 Å². The van der Waals surface area contributed by atoms with Gasteiger partial charge in [0.25, 0.3) is 5.91 Å². The monoisotopic (exact) mass is 435 g/mol. The third-order valence-corrected chi connectivity index (χ3v) is 6.20. The maximum atomic E-state index is 12.9. The number of carbonyl (C=O) groups is 2. The summed E-state index contributed by atoms with van der Waals surface area (Å²) in [5.41, 5.74) is 3.06. The lowest BCUT2D eigenvalue weighted by molar-refractivity contribution is 0.0990. The maximum absolute atomic E-state index is 12.9. The lowest BCUT2D eigenvalue weighted by Crippen LogP contribution is -2.30. The molecule has 1 heterocycles. The van der Waals surface area contributed by atoms with E-state index >= 15 is 0 Å². The Morgan fingerprint density at radius 2 is 1.81 bits per heavy atom. The number of halogens is 1. The zero-order valence-corrected chi connectivity index (χ0v) is 17.8. The first-order valence-corrected chi connectivity index (χ1v) is 10.8. The molecule has 3 amide bonds. The Bertz CT molecular complexity index is 1120. The van der Waals surface area contributed by atoms with E-state index < -0.39 is 0 Å². The smallest absolute Gasteiger partial charge is 0.319 e. The molecule has 4 rings (SSSR count). The number of benzene rings is 3. The van der Waals surface area contributed by atoms with Crippen LogP contribution in [0.1, 0.15) is 22.3 Å². The first kappa shape index (κ1) is 20.9. The van der Waals surface area contributed by atoms with Crippen molar-refractivity contribution in [2.45, 2.75) is 22.6 Å². The highest BCUT2D eigenvalue weighted by atomic mass is 32.2. The van der Waals surface area contributed by atoms with Crippen molar-refractivity contribution in [2.24, 2.45) is 0 Å². The number of rotatable bonds is 5. The van der Waals surface area contributed by atoms with Crippen LogP contribution in [-0.4, -0.2) is 25.5 Å². The van der Waals surface area contributed by atoms with Gasteiger partial charge in [-0.3, -0.25) is 4.79 Å². The minimum absolute atomic E-state index is 0.0794. The largest absolute Gasteiger partial charge is 0.338 e. The van der Waals surface area contributed by atoms with Crippen molar-refractivity contribution < 1.29 is 14.0 Å². The highest BCUT2D eigenvalue weighted by Crippen LogP contribution is 2.41. The van der Waals surface area contributed by atoms with Gasteiger partial charge in [-0.25, -0.2) is 9.18 Å². The van der Waals surface area contributed by atoms with E-state index in [1.165, 1.54) is 23.9 Å². The summed E-state index contributed by atoms with van der Waals surface area (Å²) >= 11 is 1.54. The maximum Gasteiger partial charge on any atom is 0.319 e. The number of hydrogen-bond acceptors (Lipinski definition) is 3. The standard InChI is InChI=1S/C24H22FN3O2S/c1-28-20-15-18(12-13-22(20)31-21-7-3-2-6-19(21)23(28)29)27-24(30)26-14-4-5-16-8-10-17(25)11-9-16/h2-3,6-13,15H,4-5,14H2,1H3,(H2,26,27,30). The van der Waals surface area contributed by atoms with Crippen molar-refractivity contribution in [3.05, 3.63) is 83.7 Å². The predicted molar refractivity (Wildman–Crippen MR) is 121 cm³/mol. The summed E-state index contributed by atoms with van der Waals surface area (Å²) in [6.45, 7) is 0.498. The molecule has 0 aromatic heterocycles. The fraction of sp³-hybridized carbons (Fsp3) is 0.167. The van der Waals surface area contributed by atoms with Gasteiger partial charge in [-0.15, -0.1) is 0 Å². The molecule has 5 nitrogen and oxygen atoms in total. The average Bonchev–Trinajstić information content (AvgIpc) is 2.88. The first-order valence-electron chi connectivity index (χ1n) is 9.99. The molecule has 0 spiro atoms. The average molecular weight is 436 g/mol. The molecule has 7 heteroatoms. The molecule has 1 aliphatic rings. The lowest BCUT2D eigenvalue weighted by atomic mass is 10.1. The molecule has 0 fully saturated rings. The van der Waals surface area contributed by atoms with Crippen LogP contribution < -0.4 is 15.5 Å². The highest BCUT2D eigenvalue weighted by molar-refractivity contribution is 7.99. The third kappa shape index (κ3) is 4.88. The van der Waals surface area contributed by atoms with Gasteiger partial charge in [0.15, 0.2) is 0 Å². The molecular weight excluding hydrogens is 413 g/mol. The van der Waals surface area contributed by atoms with Crippen LogP contribution in [-0.2, 0) is 6.42 Å². The Labute approximate surface area is 184 Å². The molecule has 0 radical (unpaired) electrons. The fourth-order valence-electron chi connectivity index (χ4n) is 3.41. The van der Waals surface area contributed by atoms with Gasteiger partial charge in [-0.05, 0) is 60.9 Å². The number of urea groups is 1. The van der Waals surface area contributed by atoms with Crippen molar-refractivity contribution in [2.75, 3.05) is 23.8 Å². The summed E-state index contributed by atoms with van der Waals surface area (Å²) in [5, 5.41) is 5.66. The van der Waals surface area contributed by atoms with E-state index in [0.29, 0.717) is 17.8 Å². The van der Waals surface area contributed by atoms with E-state index in [9.17, 15) is 14.0 Å². The fourth-order valence-corrected chi connectivity index (χ4v) is 4.49. The van der Waals surface area contributed by atoms with Crippen molar-refractivity contribution in [3.63, 3.8) is 0 Å². The lowest BCUT2D eigenvalue weighted by Gasteiger charge is -2.18. The molecule has 31 heavy (non-hydrogen) atoms. The molecule has 0 bridgehead atoms.